The molecule has 0 aliphatic heterocycles. The Kier molecular flexibility index (Phi) is 8.08. The van der Waals surface area contributed by atoms with E-state index in [2.05, 4.69) is 65.8 Å². The van der Waals surface area contributed by atoms with Crippen molar-refractivity contribution in [1.29, 1.82) is 0 Å². The molecule has 0 radical (unpaired) electrons. The number of carbonyl (C=O) groups excluding carboxylic acids is 1. The first-order valence-electron chi connectivity index (χ1n) is 12.0. The summed E-state index contributed by atoms with van der Waals surface area (Å²) >= 11 is 1.30. The van der Waals surface area contributed by atoms with Crippen molar-refractivity contribution in [3.63, 3.8) is 0 Å². The second kappa shape index (κ2) is 11.4. The summed E-state index contributed by atoms with van der Waals surface area (Å²) in [5, 5.41) is 13.6. The van der Waals surface area contributed by atoms with Crippen molar-refractivity contribution in [1.82, 2.24) is 20.2 Å². The van der Waals surface area contributed by atoms with Crippen molar-refractivity contribution in [2.45, 2.75) is 38.3 Å². The quantitative estimate of drug-likeness (QED) is 0.183. The van der Waals surface area contributed by atoms with Crippen LogP contribution in [-0.4, -0.2) is 39.7 Å². The third-order valence-corrected chi connectivity index (χ3v) is 6.82. The minimum atomic E-state index is -0.227. The molecule has 0 spiro atoms. The standard InChI is InChI=1S/C29H31N5O2S/c1-20-8-6-7-9-22(20)18-30-31-26(35)19-37-28-33-32-27(21-10-12-23(13-11-21)29(2,3)4)34(28)24-14-16-25(36-5)17-15-24/h6-18H,19H2,1-5H3,(H,31,35)/b30-18+. The highest BCUT2D eigenvalue weighted by Gasteiger charge is 2.19. The lowest BCUT2D eigenvalue weighted by atomic mass is 9.87. The Morgan fingerprint density at radius 1 is 1.03 bits per heavy atom. The summed E-state index contributed by atoms with van der Waals surface area (Å²) in [6, 6.07) is 23.9. The average Bonchev–Trinajstić information content (AvgIpc) is 3.32. The molecule has 0 bridgehead atoms. The summed E-state index contributed by atoms with van der Waals surface area (Å²) in [7, 11) is 1.64. The molecule has 1 amide bonds. The van der Waals surface area contributed by atoms with Gasteiger partial charge in [0, 0.05) is 11.3 Å². The summed E-state index contributed by atoms with van der Waals surface area (Å²) in [5.41, 5.74) is 7.75. The lowest BCUT2D eigenvalue weighted by Gasteiger charge is -2.19. The van der Waals surface area contributed by atoms with Gasteiger partial charge in [-0.2, -0.15) is 5.10 Å². The fraction of sp³-hybridized carbons (Fsp3) is 0.241. The van der Waals surface area contributed by atoms with Gasteiger partial charge in [0.2, 0.25) is 0 Å². The minimum absolute atomic E-state index is 0.0538. The van der Waals surface area contributed by atoms with Crippen LogP contribution in [0.1, 0.15) is 37.5 Å². The van der Waals surface area contributed by atoms with Gasteiger partial charge >= 0.3 is 0 Å². The minimum Gasteiger partial charge on any atom is -0.497 e. The maximum Gasteiger partial charge on any atom is 0.250 e. The molecular weight excluding hydrogens is 482 g/mol. The number of methoxy groups -OCH3 is 1. The monoisotopic (exact) mass is 513 g/mol. The molecule has 1 heterocycles. The fourth-order valence-corrected chi connectivity index (χ4v) is 4.45. The molecule has 0 saturated carbocycles. The van der Waals surface area contributed by atoms with Gasteiger partial charge in [0.05, 0.1) is 19.1 Å². The van der Waals surface area contributed by atoms with Crippen molar-refractivity contribution in [3.8, 4) is 22.8 Å². The van der Waals surface area contributed by atoms with Crippen LogP contribution in [0.5, 0.6) is 5.75 Å². The van der Waals surface area contributed by atoms with Gasteiger partial charge in [-0.15, -0.1) is 10.2 Å². The number of hydrogen-bond donors (Lipinski definition) is 1. The Morgan fingerprint density at radius 3 is 2.38 bits per heavy atom. The zero-order valence-corrected chi connectivity index (χ0v) is 22.5. The average molecular weight is 514 g/mol. The van der Waals surface area contributed by atoms with E-state index in [0.29, 0.717) is 11.0 Å². The summed E-state index contributed by atoms with van der Waals surface area (Å²) in [4.78, 5) is 12.5. The second-order valence-electron chi connectivity index (χ2n) is 9.61. The number of carbonyl (C=O) groups is 1. The molecule has 37 heavy (non-hydrogen) atoms. The highest BCUT2D eigenvalue weighted by atomic mass is 32.2. The Labute approximate surface area is 222 Å². The molecule has 0 fully saturated rings. The molecule has 7 nitrogen and oxygen atoms in total. The number of benzene rings is 3. The van der Waals surface area contributed by atoms with Crippen LogP contribution >= 0.6 is 11.8 Å². The first-order valence-corrected chi connectivity index (χ1v) is 13.0. The number of hydrazone groups is 1. The topological polar surface area (TPSA) is 81.4 Å². The fourth-order valence-electron chi connectivity index (χ4n) is 3.70. The van der Waals surface area contributed by atoms with Crippen molar-refractivity contribution in [3.05, 3.63) is 89.5 Å². The van der Waals surface area contributed by atoms with Crippen molar-refractivity contribution >= 4 is 23.9 Å². The summed E-state index contributed by atoms with van der Waals surface area (Å²) in [6.07, 6.45) is 1.65. The molecular formula is C29H31N5O2S. The van der Waals surface area contributed by atoms with Crippen LogP contribution in [0.25, 0.3) is 17.1 Å². The largest absolute Gasteiger partial charge is 0.497 e. The first kappa shape index (κ1) is 26.2. The van der Waals surface area contributed by atoms with E-state index < -0.39 is 0 Å². The smallest absolute Gasteiger partial charge is 0.250 e. The molecule has 0 aliphatic carbocycles. The van der Waals surface area contributed by atoms with E-state index in [4.69, 9.17) is 4.74 Å². The number of amides is 1. The van der Waals surface area contributed by atoms with Crippen LogP contribution in [0.2, 0.25) is 0 Å². The van der Waals surface area contributed by atoms with Crippen LogP contribution in [0.4, 0.5) is 0 Å². The zero-order valence-electron chi connectivity index (χ0n) is 21.7. The molecule has 190 valence electrons. The molecule has 1 N–H and O–H groups in total. The van der Waals surface area contributed by atoms with Gasteiger partial charge < -0.3 is 4.74 Å². The predicted octanol–water partition coefficient (Wildman–Crippen LogP) is 5.79. The van der Waals surface area contributed by atoms with E-state index in [0.717, 1.165) is 28.1 Å². The van der Waals surface area contributed by atoms with E-state index in [1.165, 1.54) is 17.3 Å². The zero-order chi connectivity index (χ0) is 26.4. The number of nitrogens with zero attached hydrogens (tertiary/aromatic N) is 4. The Bertz CT molecular complexity index is 1390. The third kappa shape index (κ3) is 6.46. The lowest BCUT2D eigenvalue weighted by Crippen LogP contribution is -2.20. The summed E-state index contributed by atoms with van der Waals surface area (Å²) in [5.74, 6) is 1.37. The number of thioether (sulfide) groups is 1. The van der Waals surface area contributed by atoms with Crippen LogP contribution in [0.15, 0.2) is 83.1 Å². The van der Waals surface area contributed by atoms with E-state index >= 15 is 0 Å². The van der Waals surface area contributed by atoms with Gasteiger partial charge in [-0.25, -0.2) is 5.43 Å². The second-order valence-corrected chi connectivity index (χ2v) is 10.5. The maximum atomic E-state index is 12.5. The third-order valence-electron chi connectivity index (χ3n) is 5.89. The first-order chi connectivity index (χ1) is 17.8. The SMILES string of the molecule is COc1ccc(-n2c(SCC(=O)N/N=C/c3ccccc3C)nnc2-c2ccc(C(C)(C)C)cc2)cc1. The predicted molar refractivity (Wildman–Crippen MR) is 150 cm³/mol. The van der Waals surface area contributed by atoms with E-state index in [1.807, 2.05) is 60.0 Å². The highest BCUT2D eigenvalue weighted by Crippen LogP contribution is 2.30. The molecule has 3 aromatic carbocycles. The Hall–Kier alpha value is -3.91. The van der Waals surface area contributed by atoms with Crippen LogP contribution in [-0.2, 0) is 10.2 Å². The van der Waals surface area contributed by atoms with Crippen LogP contribution in [0.3, 0.4) is 0 Å². The summed E-state index contributed by atoms with van der Waals surface area (Å²) in [6.45, 7) is 8.56. The molecule has 0 aliphatic rings. The number of hydrogen-bond acceptors (Lipinski definition) is 6. The van der Waals surface area contributed by atoms with Gasteiger partial charge in [-0.1, -0.05) is 81.1 Å². The number of rotatable bonds is 8. The molecule has 0 unspecified atom stereocenters. The molecule has 1 aromatic heterocycles. The highest BCUT2D eigenvalue weighted by molar-refractivity contribution is 7.99. The van der Waals surface area contributed by atoms with Gasteiger partial charge in [0.15, 0.2) is 11.0 Å². The van der Waals surface area contributed by atoms with Gasteiger partial charge in [0.25, 0.3) is 5.91 Å². The van der Waals surface area contributed by atoms with Gasteiger partial charge in [-0.3, -0.25) is 9.36 Å². The van der Waals surface area contributed by atoms with E-state index in [9.17, 15) is 4.79 Å². The van der Waals surface area contributed by atoms with Crippen molar-refractivity contribution in [2.75, 3.05) is 12.9 Å². The molecule has 4 aromatic rings. The normalized spacial score (nSPS) is 11.6. The van der Waals surface area contributed by atoms with E-state index in [1.54, 1.807) is 13.3 Å². The molecule has 0 atom stereocenters. The van der Waals surface area contributed by atoms with Crippen molar-refractivity contribution < 1.29 is 9.53 Å². The van der Waals surface area contributed by atoms with Crippen LogP contribution < -0.4 is 10.2 Å². The van der Waals surface area contributed by atoms with Gasteiger partial charge in [-0.05, 0) is 53.3 Å². The molecule has 8 heteroatoms. The summed E-state index contributed by atoms with van der Waals surface area (Å²) < 4.78 is 7.28. The Morgan fingerprint density at radius 2 is 1.73 bits per heavy atom. The number of nitrogens with one attached hydrogen (secondary N) is 1. The molecule has 0 saturated heterocycles. The van der Waals surface area contributed by atoms with Crippen LogP contribution in [0, 0.1) is 6.92 Å². The lowest BCUT2D eigenvalue weighted by molar-refractivity contribution is -0.118. The number of aryl methyl sites for hydroxylation is 1. The maximum absolute atomic E-state index is 12.5. The van der Waals surface area contributed by atoms with E-state index in [-0.39, 0.29) is 17.1 Å². The number of aromatic nitrogens is 3. The Balaban J connectivity index is 1.56. The molecule has 4 rings (SSSR count). The number of ether oxygens (including phenoxy) is 1. The van der Waals surface area contributed by atoms with Crippen molar-refractivity contribution in [2.24, 2.45) is 5.10 Å². The van der Waals surface area contributed by atoms with Gasteiger partial charge in [0.1, 0.15) is 5.75 Å².